The van der Waals surface area contributed by atoms with Crippen LogP contribution in [0.25, 0.3) is 11.3 Å². The molecule has 42 heavy (non-hydrogen) atoms. The van der Waals surface area contributed by atoms with Crippen LogP contribution in [0.15, 0.2) is 91.1 Å². The van der Waals surface area contributed by atoms with Crippen LogP contribution >= 0.6 is 0 Å². The number of morpholine rings is 1. The Hall–Kier alpha value is -4.56. The fraction of sp³-hybridized carbons (Fsp3) is 0.294. The first-order chi connectivity index (χ1) is 20.2. The van der Waals surface area contributed by atoms with Gasteiger partial charge in [-0.2, -0.15) is 0 Å². The number of imide groups is 1. The van der Waals surface area contributed by atoms with Gasteiger partial charge in [-0.15, -0.1) is 0 Å². The first kappa shape index (κ1) is 27.6. The van der Waals surface area contributed by atoms with E-state index in [4.69, 9.17) is 9.72 Å². The highest BCUT2D eigenvalue weighted by atomic mass is 16.5. The molecule has 8 nitrogen and oxygen atoms in total. The highest BCUT2D eigenvalue weighted by Crippen LogP contribution is 2.40. The molecule has 6 rings (SSSR count). The molecule has 0 radical (unpaired) electrons. The lowest BCUT2D eigenvalue weighted by molar-refractivity contribution is -0.157. The third-order valence-corrected chi connectivity index (χ3v) is 7.88. The Morgan fingerprint density at radius 2 is 1.45 bits per heavy atom. The average Bonchev–Trinajstić information content (AvgIpc) is 3.49. The quantitative estimate of drug-likeness (QED) is 0.289. The van der Waals surface area contributed by atoms with E-state index < -0.39 is 6.10 Å². The zero-order valence-corrected chi connectivity index (χ0v) is 24.1. The van der Waals surface area contributed by atoms with Gasteiger partial charge in [-0.05, 0) is 23.1 Å². The summed E-state index contributed by atoms with van der Waals surface area (Å²) in [5.74, 6) is -0.0362. The van der Waals surface area contributed by atoms with Crippen LogP contribution in [-0.4, -0.2) is 62.9 Å². The summed E-state index contributed by atoms with van der Waals surface area (Å²) < 4.78 is 8.05. The second-order valence-electron chi connectivity index (χ2n) is 12.0. The fourth-order valence-corrected chi connectivity index (χ4v) is 5.91. The van der Waals surface area contributed by atoms with Crippen LogP contribution in [0.4, 0.5) is 0 Å². The molecule has 1 saturated heterocycles. The molecule has 8 heteroatoms. The summed E-state index contributed by atoms with van der Waals surface area (Å²) in [7, 11) is 0. The van der Waals surface area contributed by atoms with Gasteiger partial charge in [-0.25, -0.2) is 4.98 Å². The van der Waals surface area contributed by atoms with Gasteiger partial charge < -0.3 is 14.2 Å². The van der Waals surface area contributed by atoms with Crippen molar-refractivity contribution in [2.24, 2.45) is 5.41 Å². The Labute approximate surface area is 245 Å². The Bertz CT molecular complexity index is 1590. The van der Waals surface area contributed by atoms with Gasteiger partial charge in [-0.1, -0.05) is 93.6 Å². The zero-order valence-electron chi connectivity index (χ0n) is 24.1. The Morgan fingerprint density at radius 3 is 2.07 bits per heavy atom. The lowest BCUT2D eigenvalue weighted by Gasteiger charge is -2.44. The molecule has 214 valence electrons. The average molecular weight is 563 g/mol. The lowest BCUT2D eigenvalue weighted by atomic mass is 9.84. The predicted molar refractivity (Wildman–Crippen MR) is 159 cm³/mol. The number of aromatic nitrogens is 2. The molecule has 3 heterocycles. The van der Waals surface area contributed by atoms with Gasteiger partial charge in [0.2, 0.25) is 5.91 Å². The molecule has 4 aromatic rings. The second kappa shape index (κ2) is 11.0. The number of nitrogens with zero attached hydrogens (tertiary/aromatic N) is 4. The molecule has 1 unspecified atom stereocenters. The monoisotopic (exact) mass is 562 g/mol. The standard InChI is InChI=1S/C34H34N4O4/c1-34(2,3)30(31-35-28(24-14-8-5-9-15-24)21-36(31)18-23-12-6-4-7-13-23)37-19-25(42-22-29(37)39)20-38-32(40)26-16-10-11-17-27(26)33(38)41/h4-17,21,25,30H,18-20,22H2,1-3H3/t25?,30-/m0/s1. The minimum absolute atomic E-state index is 0.0701. The molecule has 3 aromatic carbocycles. The van der Waals surface area contributed by atoms with Crippen molar-refractivity contribution in [3.63, 3.8) is 0 Å². The van der Waals surface area contributed by atoms with Crippen molar-refractivity contribution in [2.75, 3.05) is 19.7 Å². The number of fused-ring (bicyclic) bond motifs is 1. The van der Waals surface area contributed by atoms with E-state index in [-0.39, 0.29) is 48.9 Å². The zero-order chi connectivity index (χ0) is 29.4. The van der Waals surface area contributed by atoms with Crippen molar-refractivity contribution in [3.05, 3.63) is 114 Å². The maximum absolute atomic E-state index is 13.5. The van der Waals surface area contributed by atoms with Crippen molar-refractivity contribution in [1.29, 1.82) is 0 Å². The third-order valence-electron chi connectivity index (χ3n) is 7.88. The summed E-state index contributed by atoms with van der Waals surface area (Å²) >= 11 is 0. The van der Waals surface area contributed by atoms with Crippen LogP contribution < -0.4 is 0 Å². The maximum Gasteiger partial charge on any atom is 0.261 e. The minimum atomic E-state index is -0.527. The molecule has 0 N–H and O–H groups in total. The van der Waals surface area contributed by atoms with Gasteiger partial charge in [0.1, 0.15) is 12.4 Å². The van der Waals surface area contributed by atoms with Crippen LogP contribution in [0, 0.1) is 5.41 Å². The fourth-order valence-electron chi connectivity index (χ4n) is 5.91. The summed E-state index contributed by atoms with van der Waals surface area (Å²) in [4.78, 5) is 47.8. The van der Waals surface area contributed by atoms with Crippen LogP contribution in [0.1, 0.15) is 58.9 Å². The molecular weight excluding hydrogens is 528 g/mol. The normalized spacial score (nSPS) is 18.0. The predicted octanol–water partition coefficient (Wildman–Crippen LogP) is 5.21. The summed E-state index contributed by atoms with van der Waals surface area (Å²) in [5, 5.41) is 0. The number of amides is 3. The smallest absolute Gasteiger partial charge is 0.261 e. The Morgan fingerprint density at radius 1 is 0.857 bits per heavy atom. The van der Waals surface area contributed by atoms with Gasteiger partial charge in [0.25, 0.3) is 11.8 Å². The van der Waals surface area contributed by atoms with Gasteiger partial charge in [-0.3, -0.25) is 19.3 Å². The molecule has 0 saturated carbocycles. The van der Waals surface area contributed by atoms with Crippen LogP contribution in [0.2, 0.25) is 0 Å². The molecule has 1 fully saturated rings. The van der Waals surface area contributed by atoms with E-state index in [2.05, 4.69) is 43.7 Å². The summed E-state index contributed by atoms with van der Waals surface area (Å²) in [6.45, 7) is 7.06. The molecule has 3 amide bonds. The van der Waals surface area contributed by atoms with E-state index in [0.717, 1.165) is 22.6 Å². The maximum atomic E-state index is 13.5. The van der Waals surface area contributed by atoms with E-state index in [1.807, 2.05) is 53.4 Å². The minimum Gasteiger partial charge on any atom is -0.365 e. The van der Waals surface area contributed by atoms with E-state index in [1.165, 1.54) is 4.90 Å². The van der Waals surface area contributed by atoms with E-state index in [1.54, 1.807) is 24.3 Å². The number of hydrogen-bond donors (Lipinski definition) is 0. The topological polar surface area (TPSA) is 84.7 Å². The number of carbonyl (C=O) groups excluding carboxylic acids is 3. The number of rotatable bonds is 7. The number of carbonyl (C=O) groups is 3. The molecule has 2 aliphatic rings. The first-order valence-corrected chi connectivity index (χ1v) is 14.2. The second-order valence-corrected chi connectivity index (χ2v) is 12.0. The van der Waals surface area contributed by atoms with Crippen molar-refractivity contribution in [3.8, 4) is 11.3 Å². The highest BCUT2D eigenvalue weighted by Gasteiger charge is 2.43. The number of imidazole rings is 1. The van der Waals surface area contributed by atoms with Gasteiger partial charge >= 0.3 is 0 Å². The molecule has 1 aromatic heterocycles. The van der Waals surface area contributed by atoms with Crippen molar-refractivity contribution in [1.82, 2.24) is 19.4 Å². The van der Waals surface area contributed by atoms with Crippen LogP contribution in [0.5, 0.6) is 0 Å². The van der Waals surface area contributed by atoms with Crippen LogP contribution in [0.3, 0.4) is 0 Å². The largest absolute Gasteiger partial charge is 0.365 e. The van der Waals surface area contributed by atoms with E-state index in [9.17, 15) is 14.4 Å². The Kier molecular flexibility index (Phi) is 7.24. The van der Waals surface area contributed by atoms with Crippen molar-refractivity contribution < 1.29 is 19.1 Å². The third kappa shape index (κ3) is 5.25. The molecule has 2 atom stereocenters. The highest BCUT2D eigenvalue weighted by molar-refractivity contribution is 6.21. The first-order valence-electron chi connectivity index (χ1n) is 14.2. The van der Waals surface area contributed by atoms with E-state index >= 15 is 0 Å². The van der Waals surface area contributed by atoms with Crippen molar-refractivity contribution in [2.45, 2.75) is 39.5 Å². The number of benzene rings is 3. The lowest BCUT2D eigenvalue weighted by Crippen LogP contribution is -2.54. The Balaban J connectivity index is 1.34. The van der Waals surface area contributed by atoms with Crippen molar-refractivity contribution >= 4 is 17.7 Å². The number of hydrogen-bond acceptors (Lipinski definition) is 5. The molecular formula is C34H34N4O4. The summed E-state index contributed by atoms with van der Waals surface area (Å²) in [6.07, 6.45) is 1.53. The molecule has 2 aliphatic heterocycles. The summed E-state index contributed by atoms with van der Waals surface area (Å²) in [5.41, 5.74) is 3.36. The number of ether oxygens (including phenoxy) is 1. The summed E-state index contributed by atoms with van der Waals surface area (Å²) in [6, 6.07) is 26.6. The molecule has 0 spiro atoms. The molecule has 0 aliphatic carbocycles. The van der Waals surface area contributed by atoms with Gasteiger partial charge in [0.05, 0.1) is 35.5 Å². The van der Waals surface area contributed by atoms with Crippen LogP contribution in [-0.2, 0) is 16.1 Å². The molecule has 0 bridgehead atoms. The van der Waals surface area contributed by atoms with Gasteiger partial charge in [0, 0.05) is 24.8 Å². The SMILES string of the molecule is CC(C)(C)[C@H](c1nc(-c2ccccc2)cn1Cc1ccccc1)N1CC(CN2C(=O)c3ccccc3C2=O)OCC1=O. The van der Waals surface area contributed by atoms with Gasteiger partial charge in [0.15, 0.2) is 0 Å². The van der Waals surface area contributed by atoms with E-state index in [0.29, 0.717) is 17.7 Å².